The van der Waals surface area contributed by atoms with E-state index in [2.05, 4.69) is 15.6 Å². The average molecular weight is 317 g/mol. The van der Waals surface area contributed by atoms with Crippen LogP contribution in [0.4, 0.5) is 0 Å². The van der Waals surface area contributed by atoms with Crippen LogP contribution in [0.5, 0.6) is 5.75 Å². The lowest BCUT2D eigenvalue weighted by Crippen LogP contribution is -2.20. The fraction of sp³-hybridized carbons (Fsp3) is 0.188. The molecule has 2 aromatic carbocycles. The molecule has 1 aliphatic rings. The molecule has 1 unspecified atom stereocenters. The third-order valence-corrected chi connectivity index (χ3v) is 4.45. The minimum absolute atomic E-state index is 0.192. The molecule has 1 N–H and O–H groups in total. The maximum atomic E-state index is 6.06. The summed E-state index contributed by atoms with van der Waals surface area (Å²) in [6, 6.07) is 14.2. The first-order valence-electron chi connectivity index (χ1n) is 6.85. The van der Waals surface area contributed by atoms with E-state index in [1.807, 2.05) is 36.4 Å². The van der Waals surface area contributed by atoms with Gasteiger partial charge in [0.25, 0.3) is 0 Å². The van der Waals surface area contributed by atoms with Crippen molar-refractivity contribution in [3.05, 3.63) is 57.8 Å². The van der Waals surface area contributed by atoms with Gasteiger partial charge < -0.3 is 14.3 Å². The summed E-state index contributed by atoms with van der Waals surface area (Å²) in [6.07, 6.45) is 0.904. The van der Waals surface area contributed by atoms with Crippen LogP contribution in [0.25, 0.3) is 11.0 Å². The van der Waals surface area contributed by atoms with Crippen molar-refractivity contribution in [2.24, 2.45) is 0 Å². The molecule has 2 heterocycles. The maximum Gasteiger partial charge on any atom is 0.178 e. The van der Waals surface area contributed by atoms with E-state index in [4.69, 9.17) is 28.6 Å². The molecule has 4 rings (SSSR count). The summed E-state index contributed by atoms with van der Waals surface area (Å²) in [5.41, 5.74) is 3.22. The van der Waals surface area contributed by atoms with Gasteiger partial charge in [0.1, 0.15) is 5.75 Å². The lowest BCUT2D eigenvalue weighted by Gasteiger charge is -2.27. The second kappa shape index (κ2) is 4.90. The van der Waals surface area contributed by atoms with Crippen LogP contribution < -0.4 is 4.74 Å². The number of aromatic nitrogens is 2. The van der Waals surface area contributed by atoms with E-state index in [-0.39, 0.29) is 6.04 Å². The van der Waals surface area contributed by atoms with Crippen molar-refractivity contribution in [2.45, 2.75) is 12.5 Å². The molecule has 0 radical (unpaired) electrons. The van der Waals surface area contributed by atoms with Crippen LogP contribution in [0.2, 0.25) is 5.02 Å². The van der Waals surface area contributed by atoms with Crippen molar-refractivity contribution in [3.63, 3.8) is 0 Å². The second-order valence-corrected chi connectivity index (χ2v) is 5.98. The molecule has 1 aliphatic heterocycles. The zero-order valence-electron chi connectivity index (χ0n) is 11.2. The molecule has 0 saturated carbocycles. The van der Waals surface area contributed by atoms with Gasteiger partial charge in [0.15, 0.2) is 4.77 Å². The smallest absolute Gasteiger partial charge is 0.178 e. The molecule has 0 spiro atoms. The number of H-pyrrole nitrogens is 1. The molecule has 21 heavy (non-hydrogen) atoms. The summed E-state index contributed by atoms with van der Waals surface area (Å²) < 4.78 is 8.63. The second-order valence-electron chi connectivity index (χ2n) is 5.15. The molecule has 106 valence electrons. The number of ether oxygens (including phenoxy) is 1. The number of benzene rings is 2. The van der Waals surface area contributed by atoms with Gasteiger partial charge in [0.05, 0.1) is 23.7 Å². The fourth-order valence-corrected chi connectivity index (χ4v) is 3.51. The van der Waals surface area contributed by atoms with Crippen molar-refractivity contribution in [1.82, 2.24) is 9.55 Å². The number of rotatable bonds is 1. The molecular weight excluding hydrogens is 304 g/mol. The number of halogens is 1. The molecule has 0 saturated heterocycles. The SMILES string of the molecule is S=c1[nH]c2cc(Cl)ccc2n1C1CCOc2ccccc21. The number of imidazole rings is 1. The van der Waals surface area contributed by atoms with Crippen molar-refractivity contribution >= 4 is 34.9 Å². The number of para-hydroxylation sites is 1. The first-order chi connectivity index (χ1) is 10.2. The van der Waals surface area contributed by atoms with Gasteiger partial charge in [0, 0.05) is 17.0 Å². The van der Waals surface area contributed by atoms with Crippen LogP contribution >= 0.6 is 23.8 Å². The Bertz CT molecular complexity index is 883. The highest BCUT2D eigenvalue weighted by molar-refractivity contribution is 7.71. The summed E-state index contributed by atoms with van der Waals surface area (Å²) in [6.45, 7) is 0.698. The van der Waals surface area contributed by atoms with E-state index in [1.165, 1.54) is 5.56 Å². The predicted molar refractivity (Wildman–Crippen MR) is 86.8 cm³/mol. The van der Waals surface area contributed by atoms with Gasteiger partial charge in [-0.2, -0.15) is 0 Å². The summed E-state index contributed by atoms with van der Waals surface area (Å²) in [5.74, 6) is 0.943. The van der Waals surface area contributed by atoms with Gasteiger partial charge in [-0.25, -0.2) is 0 Å². The Morgan fingerprint density at radius 3 is 3.00 bits per heavy atom. The lowest BCUT2D eigenvalue weighted by molar-refractivity contribution is 0.257. The normalized spacial score (nSPS) is 17.5. The Balaban J connectivity index is 1.96. The molecule has 0 bridgehead atoms. The molecule has 0 aliphatic carbocycles. The summed E-state index contributed by atoms with van der Waals surface area (Å²) in [5, 5.41) is 0.707. The summed E-state index contributed by atoms with van der Waals surface area (Å²) in [4.78, 5) is 3.25. The molecule has 1 atom stereocenters. The fourth-order valence-electron chi connectivity index (χ4n) is 3.00. The highest BCUT2D eigenvalue weighted by atomic mass is 35.5. The summed E-state index contributed by atoms with van der Waals surface area (Å²) >= 11 is 11.6. The van der Waals surface area contributed by atoms with E-state index >= 15 is 0 Å². The molecule has 1 aromatic heterocycles. The summed E-state index contributed by atoms with van der Waals surface area (Å²) in [7, 11) is 0. The largest absolute Gasteiger partial charge is 0.493 e. The molecular formula is C16H13ClN2OS. The minimum atomic E-state index is 0.192. The van der Waals surface area contributed by atoms with Crippen molar-refractivity contribution < 1.29 is 4.74 Å². The van der Waals surface area contributed by atoms with E-state index in [0.717, 1.165) is 23.2 Å². The highest BCUT2D eigenvalue weighted by Gasteiger charge is 2.24. The third-order valence-electron chi connectivity index (χ3n) is 3.92. The molecule has 5 heteroatoms. The Morgan fingerprint density at radius 1 is 1.24 bits per heavy atom. The molecule has 0 fully saturated rings. The van der Waals surface area contributed by atoms with Gasteiger partial charge in [-0.3, -0.25) is 0 Å². The van der Waals surface area contributed by atoms with Crippen LogP contribution in [-0.4, -0.2) is 16.2 Å². The van der Waals surface area contributed by atoms with Crippen molar-refractivity contribution in [2.75, 3.05) is 6.61 Å². The van der Waals surface area contributed by atoms with Gasteiger partial charge in [0.2, 0.25) is 0 Å². The number of aromatic amines is 1. The zero-order chi connectivity index (χ0) is 14.4. The van der Waals surface area contributed by atoms with Gasteiger partial charge in [-0.05, 0) is 36.5 Å². The quantitative estimate of drug-likeness (QED) is 0.658. The maximum absolute atomic E-state index is 6.06. The van der Waals surface area contributed by atoms with Gasteiger partial charge >= 0.3 is 0 Å². The zero-order valence-corrected chi connectivity index (χ0v) is 12.7. The van der Waals surface area contributed by atoms with Gasteiger partial charge in [-0.15, -0.1) is 0 Å². The monoisotopic (exact) mass is 316 g/mol. The van der Waals surface area contributed by atoms with Crippen LogP contribution in [0.1, 0.15) is 18.0 Å². The standard InChI is InChI=1S/C16H13ClN2OS/c17-10-5-6-14-12(9-10)18-16(21)19(14)13-7-8-20-15-4-2-1-3-11(13)15/h1-6,9,13H,7-8H2,(H,18,21). The van der Waals surface area contributed by atoms with Crippen LogP contribution in [0, 0.1) is 4.77 Å². The van der Waals surface area contributed by atoms with Crippen molar-refractivity contribution in [3.8, 4) is 5.75 Å². The molecule has 0 amide bonds. The average Bonchev–Trinajstić information content (AvgIpc) is 2.81. The number of nitrogens with zero attached hydrogens (tertiary/aromatic N) is 1. The predicted octanol–water partition coefficient (Wildman–Crippen LogP) is 4.72. The number of hydrogen-bond donors (Lipinski definition) is 1. The number of fused-ring (bicyclic) bond motifs is 2. The first-order valence-corrected chi connectivity index (χ1v) is 7.64. The van der Waals surface area contributed by atoms with Crippen LogP contribution in [0.15, 0.2) is 42.5 Å². The topological polar surface area (TPSA) is 29.9 Å². The third kappa shape index (κ3) is 2.06. The Hall–Kier alpha value is -1.78. The van der Waals surface area contributed by atoms with E-state index in [1.54, 1.807) is 0 Å². The minimum Gasteiger partial charge on any atom is -0.493 e. The number of hydrogen-bond acceptors (Lipinski definition) is 2. The number of nitrogens with one attached hydrogen (secondary N) is 1. The Labute approximate surface area is 132 Å². The lowest BCUT2D eigenvalue weighted by atomic mass is 10.0. The van der Waals surface area contributed by atoms with E-state index in [0.29, 0.717) is 16.4 Å². The van der Waals surface area contributed by atoms with E-state index < -0.39 is 0 Å². The van der Waals surface area contributed by atoms with Gasteiger partial charge in [-0.1, -0.05) is 29.8 Å². The Morgan fingerprint density at radius 2 is 2.10 bits per heavy atom. The first kappa shape index (κ1) is 12.9. The van der Waals surface area contributed by atoms with Crippen LogP contribution in [0.3, 0.4) is 0 Å². The van der Waals surface area contributed by atoms with E-state index in [9.17, 15) is 0 Å². The van der Waals surface area contributed by atoms with Crippen LogP contribution in [-0.2, 0) is 0 Å². The molecule has 3 aromatic rings. The van der Waals surface area contributed by atoms with Crippen molar-refractivity contribution in [1.29, 1.82) is 0 Å². The molecule has 3 nitrogen and oxygen atoms in total. The highest BCUT2D eigenvalue weighted by Crippen LogP contribution is 2.36. The Kier molecular flexibility index (Phi) is 3.01.